The standard InChI is InChI=1S/C19H35N3O6/c1-14(23)22-10-9-21(19(27)15-6-2-3-7-20-15)8-4-5-11-28-13-17(25)18(26)16(24)12-22/h15-18,20,24-26H,2-13H2,1H3/t15-,16-,17+,18+/m0/s1. The Morgan fingerprint density at radius 3 is 2.39 bits per heavy atom. The Bertz CT molecular complexity index is 500. The van der Waals surface area contributed by atoms with Crippen LogP contribution in [-0.2, 0) is 14.3 Å². The molecule has 0 bridgehead atoms. The number of hydrogen-bond donors (Lipinski definition) is 4. The first-order chi connectivity index (χ1) is 13.4. The number of hydrogen-bond acceptors (Lipinski definition) is 7. The SMILES string of the molecule is CC(=O)N1CCN(C(=O)[C@@H]2CCCCN2)CCCCOC[C@@H](O)[C@H](O)[C@@H](O)C1. The molecule has 0 spiro atoms. The van der Waals surface area contributed by atoms with E-state index >= 15 is 0 Å². The quantitative estimate of drug-likeness (QED) is 0.431. The van der Waals surface area contributed by atoms with Crippen molar-refractivity contribution in [1.29, 1.82) is 0 Å². The number of carbonyl (C=O) groups is 2. The van der Waals surface area contributed by atoms with E-state index < -0.39 is 18.3 Å². The van der Waals surface area contributed by atoms with Crippen LogP contribution in [0, 0.1) is 0 Å². The number of amides is 2. The predicted octanol–water partition coefficient (Wildman–Crippen LogP) is -1.30. The summed E-state index contributed by atoms with van der Waals surface area (Å²) in [4.78, 5) is 28.1. The molecule has 9 nitrogen and oxygen atoms in total. The van der Waals surface area contributed by atoms with Crippen molar-refractivity contribution < 1.29 is 29.6 Å². The molecule has 162 valence electrons. The Morgan fingerprint density at radius 1 is 0.964 bits per heavy atom. The van der Waals surface area contributed by atoms with Crippen molar-refractivity contribution in [2.75, 3.05) is 45.9 Å². The van der Waals surface area contributed by atoms with Crippen LogP contribution in [0.2, 0.25) is 0 Å². The number of β-amino-alcohol motifs (C(OH)–C–C–N with tert-alkyl or cyclic N) is 1. The molecule has 0 aliphatic carbocycles. The lowest BCUT2D eigenvalue weighted by molar-refractivity contribution is -0.139. The second kappa shape index (κ2) is 11.7. The minimum Gasteiger partial charge on any atom is -0.388 e. The second-order valence-electron chi connectivity index (χ2n) is 7.70. The van der Waals surface area contributed by atoms with E-state index in [0.717, 1.165) is 32.2 Å². The zero-order valence-corrected chi connectivity index (χ0v) is 16.8. The van der Waals surface area contributed by atoms with Gasteiger partial charge in [0.05, 0.1) is 12.6 Å². The van der Waals surface area contributed by atoms with E-state index in [-0.39, 0.29) is 37.6 Å². The molecule has 4 N–H and O–H groups in total. The van der Waals surface area contributed by atoms with Gasteiger partial charge < -0.3 is 35.2 Å². The molecule has 4 atom stereocenters. The molecular weight excluding hydrogens is 366 g/mol. The third-order valence-corrected chi connectivity index (χ3v) is 5.46. The van der Waals surface area contributed by atoms with Crippen LogP contribution >= 0.6 is 0 Å². The van der Waals surface area contributed by atoms with Crippen molar-refractivity contribution in [3.8, 4) is 0 Å². The highest BCUT2D eigenvalue weighted by atomic mass is 16.5. The Labute approximate surface area is 166 Å². The third-order valence-electron chi connectivity index (χ3n) is 5.46. The topological polar surface area (TPSA) is 123 Å². The average Bonchev–Trinajstić information content (AvgIpc) is 2.70. The second-order valence-corrected chi connectivity index (χ2v) is 7.70. The molecule has 2 amide bonds. The highest BCUT2D eigenvalue weighted by Gasteiger charge is 2.29. The van der Waals surface area contributed by atoms with E-state index in [2.05, 4.69) is 5.32 Å². The van der Waals surface area contributed by atoms with Gasteiger partial charge in [0.25, 0.3) is 0 Å². The van der Waals surface area contributed by atoms with E-state index in [1.165, 1.54) is 11.8 Å². The molecule has 0 aromatic carbocycles. The summed E-state index contributed by atoms with van der Waals surface area (Å²) >= 11 is 0. The molecule has 0 unspecified atom stereocenters. The first-order valence-corrected chi connectivity index (χ1v) is 10.3. The Kier molecular flexibility index (Phi) is 9.60. The molecule has 2 heterocycles. The maximum atomic E-state index is 12.9. The van der Waals surface area contributed by atoms with Crippen LogP contribution in [0.1, 0.15) is 39.0 Å². The smallest absolute Gasteiger partial charge is 0.239 e. The zero-order valence-electron chi connectivity index (χ0n) is 16.8. The lowest BCUT2D eigenvalue weighted by Crippen LogP contribution is -2.52. The molecular formula is C19H35N3O6. The fourth-order valence-corrected chi connectivity index (χ4v) is 3.63. The first kappa shape index (κ1) is 23.0. The molecule has 2 saturated heterocycles. The van der Waals surface area contributed by atoms with Gasteiger partial charge >= 0.3 is 0 Å². The van der Waals surface area contributed by atoms with E-state index in [0.29, 0.717) is 26.1 Å². The van der Waals surface area contributed by atoms with Crippen LogP contribution in [0.25, 0.3) is 0 Å². The van der Waals surface area contributed by atoms with E-state index in [1.54, 1.807) is 4.90 Å². The number of piperidine rings is 1. The van der Waals surface area contributed by atoms with E-state index in [4.69, 9.17) is 4.74 Å². The monoisotopic (exact) mass is 401 g/mol. The molecule has 9 heteroatoms. The lowest BCUT2D eigenvalue weighted by atomic mass is 10.0. The van der Waals surface area contributed by atoms with Crippen LogP contribution in [0.3, 0.4) is 0 Å². The van der Waals surface area contributed by atoms with Crippen molar-refractivity contribution in [2.24, 2.45) is 0 Å². The summed E-state index contributed by atoms with van der Waals surface area (Å²) in [6.07, 6.45) is 0.453. The number of ether oxygens (including phenoxy) is 1. The fraction of sp³-hybridized carbons (Fsp3) is 0.895. The highest BCUT2D eigenvalue weighted by Crippen LogP contribution is 2.12. The van der Waals surface area contributed by atoms with Crippen LogP contribution < -0.4 is 5.32 Å². The first-order valence-electron chi connectivity index (χ1n) is 10.3. The Hall–Kier alpha value is -1.26. The summed E-state index contributed by atoms with van der Waals surface area (Å²) in [6, 6.07) is -0.183. The highest BCUT2D eigenvalue weighted by molar-refractivity contribution is 5.82. The van der Waals surface area contributed by atoms with E-state index in [9.17, 15) is 24.9 Å². The molecule has 2 aliphatic rings. The molecule has 2 fully saturated rings. The van der Waals surface area contributed by atoms with Crippen LogP contribution in [0.4, 0.5) is 0 Å². The van der Waals surface area contributed by atoms with Gasteiger partial charge in [-0.15, -0.1) is 0 Å². The van der Waals surface area contributed by atoms with Crippen molar-refractivity contribution >= 4 is 11.8 Å². The Morgan fingerprint density at radius 2 is 1.71 bits per heavy atom. The van der Waals surface area contributed by atoms with Crippen LogP contribution in [0.5, 0.6) is 0 Å². The number of rotatable bonds is 1. The van der Waals surface area contributed by atoms with Gasteiger partial charge in [-0.2, -0.15) is 0 Å². The molecule has 2 rings (SSSR count). The number of aliphatic hydroxyl groups is 3. The van der Waals surface area contributed by atoms with Crippen molar-refractivity contribution in [3.05, 3.63) is 0 Å². The average molecular weight is 402 g/mol. The number of nitrogens with zero attached hydrogens (tertiary/aromatic N) is 2. The summed E-state index contributed by atoms with van der Waals surface area (Å²) in [7, 11) is 0. The summed E-state index contributed by atoms with van der Waals surface area (Å²) in [5, 5.41) is 33.5. The number of carbonyl (C=O) groups excluding carboxylic acids is 2. The fourth-order valence-electron chi connectivity index (χ4n) is 3.63. The molecule has 0 aromatic rings. The van der Waals surface area contributed by atoms with Crippen molar-refractivity contribution in [1.82, 2.24) is 15.1 Å². The van der Waals surface area contributed by atoms with Gasteiger partial charge in [0.2, 0.25) is 11.8 Å². The van der Waals surface area contributed by atoms with Gasteiger partial charge in [-0.25, -0.2) is 0 Å². The lowest BCUT2D eigenvalue weighted by Gasteiger charge is -2.33. The number of aliphatic hydroxyl groups excluding tert-OH is 3. The molecule has 28 heavy (non-hydrogen) atoms. The summed E-state index contributed by atoms with van der Waals surface area (Å²) in [5.41, 5.74) is 0. The third kappa shape index (κ3) is 6.97. The largest absolute Gasteiger partial charge is 0.388 e. The van der Waals surface area contributed by atoms with Crippen LogP contribution in [-0.4, -0.2) is 107 Å². The molecule has 0 aromatic heterocycles. The Balaban J connectivity index is 2.06. The normalized spacial score (nSPS) is 31.9. The van der Waals surface area contributed by atoms with Gasteiger partial charge in [-0.05, 0) is 32.2 Å². The summed E-state index contributed by atoms with van der Waals surface area (Å²) in [5.74, 6) is -0.209. The van der Waals surface area contributed by atoms with E-state index in [1.807, 2.05) is 0 Å². The zero-order chi connectivity index (χ0) is 20.5. The maximum Gasteiger partial charge on any atom is 0.239 e. The van der Waals surface area contributed by atoms with Crippen molar-refractivity contribution in [2.45, 2.75) is 63.4 Å². The van der Waals surface area contributed by atoms with Gasteiger partial charge in [0, 0.05) is 39.7 Å². The molecule has 0 saturated carbocycles. The molecule has 0 radical (unpaired) electrons. The minimum atomic E-state index is -1.41. The van der Waals surface area contributed by atoms with Crippen molar-refractivity contribution in [3.63, 3.8) is 0 Å². The van der Waals surface area contributed by atoms with Gasteiger partial charge in [-0.3, -0.25) is 9.59 Å². The van der Waals surface area contributed by atoms with Gasteiger partial charge in [0.1, 0.15) is 18.3 Å². The minimum absolute atomic E-state index is 0.0484. The number of nitrogens with one attached hydrogen (secondary N) is 1. The summed E-state index contributed by atoms with van der Waals surface area (Å²) in [6.45, 7) is 3.63. The maximum absolute atomic E-state index is 12.9. The van der Waals surface area contributed by atoms with Gasteiger partial charge in [-0.1, -0.05) is 6.42 Å². The molecule has 2 aliphatic heterocycles. The predicted molar refractivity (Wildman–Crippen MR) is 103 cm³/mol. The van der Waals surface area contributed by atoms with Crippen LogP contribution in [0.15, 0.2) is 0 Å². The van der Waals surface area contributed by atoms with Gasteiger partial charge in [0.15, 0.2) is 0 Å². The summed E-state index contributed by atoms with van der Waals surface area (Å²) < 4.78 is 5.38.